The third-order valence-corrected chi connectivity index (χ3v) is 6.12. The van der Waals surface area contributed by atoms with Crippen molar-refractivity contribution in [3.8, 4) is 0 Å². The van der Waals surface area contributed by atoms with Gasteiger partial charge >= 0.3 is 0 Å². The maximum atomic E-state index is 14.0. The van der Waals surface area contributed by atoms with Crippen molar-refractivity contribution in [3.05, 3.63) is 107 Å². The highest BCUT2D eigenvalue weighted by Gasteiger charge is 2.30. The molecule has 1 aliphatic rings. The molecule has 1 aliphatic heterocycles. The van der Waals surface area contributed by atoms with Crippen LogP contribution in [-0.2, 0) is 11.2 Å². The molecule has 170 valence electrons. The second-order valence-corrected chi connectivity index (χ2v) is 8.35. The van der Waals surface area contributed by atoms with Crippen LogP contribution in [0.15, 0.2) is 78.9 Å². The Morgan fingerprint density at radius 3 is 2.18 bits per heavy atom. The number of amides is 2. The lowest BCUT2D eigenvalue weighted by Crippen LogP contribution is -2.44. The van der Waals surface area contributed by atoms with Crippen molar-refractivity contribution in [2.24, 2.45) is 5.92 Å². The van der Waals surface area contributed by atoms with E-state index in [1.165, 1.54) is 11.0 Å². The highest BCUT2D eigenvalue weighted by atomic mass is 19.1. The fourth-order valence-electron chi connectivity index (χ4n) is 4.25. The quantitative estimate of drug-likeness (QED) is 0.582. The van der Waals surface area contributed by atoms with Gasteiger partial charge < -0.3 is 10.2 Å². The van der Waals surface area contributed by atoms with E-state index in [1.54, 1.807) is 0 Å². The summed E-state index contributed by atoms with van der Waals surface area (Å²) in [5, 5.41) is 3.20. The molecule has 3 aromatic rings. The molecule has 3 aromatic carbocycles. The number of halogens is 2. The van der Waals surface area contributed by atoms with E-state index in [4.69, 9.17) is 0 Å². The van der Waals surface area contributed by atoms with Crippen molar-refractivity contribution >= 4 is 11.8 Å². The Labute approximate surface area is 192 Å². The van der Waals surface area contributed by atoms with Crippen LogP contribution in [-0.4, -0.2) is 29.8 Å². The number of hydrogen-bond acceptors (Lipinski definition) is 2. The summed E-state index contributed by atoms with van der Waals surface area (Å²) in [7, 11) is 0. The van der Waals surface area contributed by atoms with Gasteiger partial charge in [-0.3, -0.25) is 9.59 Å². The minimum absolute atomic E-state index is 0.0418. The summed E-state index contributed by atoms with van der Waals surface area (Å²) >= 11 is 0. The minimum atomic E-state index is -0.869. The van der Waals surface area contributed by atoms with Crippen molar-refractivity contribution in [2.45, 2.75) is 25.3 Å². The van der Waals surface area contributed by atoms with Crippen molar-refractivity contribution < 1.29 is 18.4 Å². The Kier molecular flexibility index (Phi) is 7.13. The minimum Gasteiger partial charge on any atom is -0.349 e. The van der Waals surface area contributed by atoms with Crippen LogP contribution in [0.2, 0.25) is 0 Å². The molecule has 0 aliphatic carbocycles. The van der Waals surface area contributed by atoms with Gasteiger partial charge in [0.2, 0.25) is 5.91 Å². The number of nitrogens with zero attached hydrogens (tertiary/aromatic N) is 1. The molecule has 4 nitrogen and oxygen atoms in total. The molecule has 1 heterocycles. The van der Waals surface area contributed by atoms with Gasteiger partial charge in [-0.25, -0.2) is 8.78 Å². The zero-order valence-electron chi connectivity index (χ0n) is 18.2. The molecule has 1 N–H and O–H groups in total. The normalized spacial score (nSPS) is 15.2. The van der Waals surface area contributed by atoms with E-state index < -0.39 is 17.5 Å². The molecular formula is C27H26F2N2O2. The molecule has 6 heteroatoms. The van der Waals surface area contributed by atoms with E-state index >= 15 is 0 Å². The molecule has 33 heavy (non-hydrogen) atoms. The van der Waals surface area contributed by atoms with Crippen LogP contribution in [0.25, 0.3) is 0 Å². The second kappa shape index (κ2) is 10.4. The van der Waals surface area contributed by atoms with Crippen molar-refractivity contribution in [1.82, 2.24) is 10.2 Å². The van der Waals surface area contributed by atoms with E-state index in [1.807, 2.05) is 60.7 Å². The number of rotatable bonds is 6. The lowest BCUT2D eigenvalue weighted by molar-refractivity contribution is -0.127. The summed E-state index contributed by atoms with van der Waals surface area (Å²) in [6, 6.07) is 22.7. The van der Waals surface area contributed by atoms with E-state index in [0.717, 1.165) is 17.2 Å². The van der Waals surface area contributed by atoms with E-state index in [-0.39, 0.29) is 23.4 Å². The van der Waals surface area contributed by atoms with Crippen molar-refractivity contribution in [1.29, 1.82) is 0 Å². The molecule has 1 saturated heterocycles. The van der Waals surface area contributed by atoms with Gasteiger partial charge in [-0.05, 0) is 42.5 Å². The topological polar surface area (TPSA) is 49.4 Å². The molecule has 0 unspecified atom stereocenters. The number of nitrogens with one attached hydrogen (secondary N) is 1. The SMILES string of the molecule is O=C(N[C@H](Cc1ccccc1)c1ccccc1)C1CCN(C(=O)c2ccc(F)cc2F)CC1. The first-order chi connectivity index (χ1) is 16.0. The Morgan fingerprint density at radius 1 is 0.909 bits per heavy atom. The van der Waals surface area contributed by atoms with E-state index in [2.05, 4.69) is 5.32 Å². The zero-order valence-corrected chi connectivity index (χ0v) is 18.2. The summed E-state index contributed by atoms with van der Waals surface area (Å²) in [4.78, 5) is 27.3. The largest absolute Gasteiger partial charge is 0.349 e. The molecule has 2 amide bonds. The first-order valence-corrected chi connectivity index (χ1v) is 11.1. The molecule has 0 aromatic heterocycles. The van der Waals surface area contributed by atoms with Crippen LogP contribution in [0.5, 0.6) is 0 Å². The number of likely N-dealkylation sites (tertiary alicyclic amines) is 1. The lowest BCUT2D eigenvalue weighted by atomic mass is 9.93. The van der Waals surface area contributed by atoms with E-state index in [0.29, 0.717) is 38.4 Å². The van der Waals surface area contributed by atoms with Gasteiger partial charge in [-0.15, -0.1) is 0 Å². The molecular weight excluding hydrogens is 422 g/mol. The Balaban J connectivity index is 1.39. The maximum Gasteiger partial charge on any atom is 0.256 e. The van der Waals surface area contributed by atoms with Gasteiger partial charge in [-0.1, -0.05) is 60.7 Å². The summed E-state index contributed by atoms with van der Waals surface area (Å²) in [6.45, 7) is 0.699. The molecule has 4 rings (SSSR count). The number of carbonyl (C=O) groups is 2. The number of carbonyl (C=O) groups excluding carboxylic acids is 2. The molecule has 1 fully saturated rings. The standard InChI is InChI=1S/C27H26F2N2O2/c28-22-11-12-23(24(29)18-22)27(33)31-15-13-21(14-16-31)26(32)30-25(20-9-5-2-6-10-20)17-19-7-3-1-4-8-19/h1-12,18,21,25H,13-17H2,(H,30,32)/t25-/m1/s1. The predicted molar refractivity (Wildman–Crippen MR) is 122 cm³/mol. The van der Waals surface area contributed by atoms with Gasteiger partial charge in [0.1, 0.15) is 11.6 Å². The number of piperidine rings is 1. The average molecular weight is 449 g/mol. The second-order valence-electron chi connectivity index (χ2n) is 8.35. The van der Waals surface area contributed by atoms with Crippen LogP contribution in [0.1, 0.15) is 40.4 Å². The molecule has 0 spiro atoms. The van der Waals surface area contributed by atoms with Crippen molar-refractivity contribution in [3.63, 3.8) is 0 Å². The fraction of sp³-hybridized carbons (Fsp3) is 0.259. The maximum absolute atomic E-state index is 14.0. The Hall–Kier alpha value is -3.54. The van der Waals surface area contributed by atoms with E-state index in [9.17, 15) is 18.4 Å². The van der Waals surface area contributed by atoms with Gasteiger partial charge in [0.15, 0.2) is 0 Å². The van der Waals surface area contributed by atoms with Crippen LogP contribution in [0.3, 0.4) is 0 Å². The molecule has 0 radical (unpaired) electrons. The third-order valence-electron chi connectivity index (χ3n) is 6.12. The van der Waals surface area contributed by atoms with Crippen LogP contribution in [0, 0.1) is 17.6 Å². The fourth-order valence-corrected chi connectivity index (χ4v) is 4.25. The third kappa shape index (κ3) is 5.64. The zero-order chi connectivity index (χ0) is 23.2. The van der Waals surface area contributed by atoms with Crippen molar-refractivity contribution in [2.75, 3.05) is 13.1 Å². The number of hydrogen-bond donors (Lipinski definition) is 1. The van der Waals surface area contributed by atoms with Gasteiger partial charge in [0.05, 0.1) is 11.6 Å². The molecule has 1 atom stereocenters. The average Bonchev–Trinajstić information content (AvgIpc) is 2.84. The van der Waals surface area contributed by atoms with Crippen LogP contribution in [0.4, 0.5) is 8.78 Å². The summed E-state index contributed by atoms with van der Waals surface area (Å²) < 4.78 is 27.1. The first kappa shape index (κ1) is 22.6. The first-order valence-electron chi connectivity index (χ1n) is 11.1. The molecule has 0 saturated carbocycles. The lowest BCUT2D eigenvalue weighted by Gasteiger charge is -2.32. The predicted octanol–water partition coefficient (Wildman–Crippen LogP) is 4.92. The van der Waals surface area contributed by atoms with Gasteiger partial charge in [0, 0.05) is 25.1 Å². The van der Waals surface area contributed by atoms with Crippen LogP contribution < -0.4 is 5.32 Å². The smallest absolute Gasteiger partial charge is 0.256 e. The number of benzene rings is 3. The Morgan fingerprint density at radius 2 is 1.55 bits per heavy atom. The summed E-state index contributed by atoms with van der Waals surface area (Å²) in [5.41, 5.74) is 2.02. The Bertz CT molecular complexity index is 1100. The summed E-state index contributed by atoms with van der Waals surface area (Å²) in [6.07, 6.45) is 1.66. The monoisotopic (exact) mass is 448 g/mol. The summed E-state index contributed by atoms with van der Waals surface area (Å²) in [5.74, 6) is -2.33. The van der Waals surface area contributed by atoms with Crippen LogP contribution >= 0.6 is 0 Å². The highest BCUT2D eigenvalue weighted by molar-refractivity contribution is 5.94. The van der Waals surface area contributed by atoms with Gasteiger partial charge in [-0.2, -0.15) is 0 Å². The highest BCUT2D eigenvalue weighted by Crippen LogP contribution is 2.24. The van der Waals surface area contributed by atoms with Gasteiger partial charge in [0.25, 0.3) is 5.91 Å². The molecule has 0 bridgehead atoms.